The Kier molecular flexibility index (Phi) is 3.62. The van der Waals surface area contributed by atoms with Crippen molar-refractivity contribution in [2.75, 3.05) is 26.3 Å². The predicted molar refractivity (Wildman–Crippen MR) is 72.7 cm³/mol. The molecule has 2 heterocycles. The summed E-state index contributed by atoms with van der Waals surface area (Å²) in [5.74, 6) is 0.917. The molecule has 1 unspecified atom stereocenters. The molecule has 100 valence electrons. The molecule has 1 aliphatic rings. The first kappa shape index (κ1) is 12.4. The molecule has 0 radical (unpaired) electrons. The maximum atomic E-state index is 5.50. The first-order valence-electron chi connectivity index (χ1n) is 6.68. The van der Waals surface area contributed by atoms with Gasteiger partial charge in [-0.25, -0.2) is 0 Å². The molecular weight excluding hydrogens is 240 g/mol. The largest absolute Gasteiger partial charge is 0.379 e. The topological polar surface area (TPSA) is 38.5 Å². The number of aromatic nitrogens is 1. The molecule has 3 rings (SSSR count). The summed E-state index contributed by atoms with van der Waals surface area (Å²) in [7, 11) is 0. The Labute approximate surface area is 113 Å². The smallest absolute Gasteiger partial charge is 0.154 e. The van der Waals surface area contributed by atoms with Crippen molar-refractivity contribution in [2.24, 2.45) is 0 Å². The van der Waals surface area contributed by atoms with Crippen LogP contribution in [0.3, 0.4) is 0 Å². The molecule has 0 saturated carbocycles. The standard InChI is InChI=1S/C15H18N2O2/c1-12(17-7-9-18-10-8-17)15-11-14(16-19-15)13-5-3-2-4-6-13/h2-6,11-12H,7-10H2,1H3. The van der Waals surface area contributed by atoms with Gasteiger partial charge < -0.3 is 9.26 Å². The second-order valence-electron chi connectivity index (χ2n) is 4.80. The summed E-state index contributed by atoms with van der Waals surface area (Å²) in [6.45, 7) is 5.64. The molecule has 0 amide bonds. The van der Waals surface area contributed by atoms with Crippen LogP contribution in [0.25, 0.3) is 11.3 Å². The van der Waals surface area contributed by atoms with Crippen molar-refractivity contribution in [3.8, 4) is 11.3 Å². The highest BCUT2D eigenvalue weighted by Gasteiger charge is 2.22. The maximum absolute atomic E-state index is 5.50. The Bertz CT molecular complexity index is 518. The molecular formula is C15H18N2O2. The van der Waals surface area contributed by atoms with Gasteiger partial charge in [0, 0.05) is 24.7 Å². The molecule has 1 aliphatic heterocycles. The van der Waals surface area contributed by atoms with E-state index in [1.807, 2.05) is 36.4 Å². The number of hydrogen-bond acceptors (Lipinski definition) is 4. The normalized spacial score (nSPS) is 18.4. The van der Waals surface area contributed by atoms with Gasteiger partial charge in [-0.2, -0.15) is 0 Å². The van der Waals surface area contributed by atoms with E-state index in [9.17, 15) is 0 Å². The molecule has 0 spiro atoms. The third kappa shape index (κ3) is 2.69. The fourth-order valence-electron chi connectivity index (χ4n) is 2.38. The van der Waals surface area contributed by atoms with Crippen LogP contribution in [0.2, 0.25) is 0 Å². The Balaban J connectivity index is 1.77. The minimum absolute atomic E-state index is 0.244. The number of ether oxygens (including phenoxy) is 1. The molecule has 0 aliphatic carbocycles. The zero-order valence-electron chi connectivity index (χ0n) is 11.1. The van der Waals surface area contributed by atoms with E-state index in [-0.39, 0.29) is 6.04 Å². The molecule has 4 nitrogen and oxygen atoms in total. The molecule has 1 aromatic carbocycles. The Hall–Kier alpha value is -1.65. The van der Waals surface area contributed by atoms with Gasteiger partial charge in [-0.1, -0.05) is 35.5 Å². The van der Waals surface area contributed by atoms with Crippen molar-refractivity contribution < 1.29 is 9.26 Å². The van der Waals surface area contributed by atoms with Crippen LogP contribution < -0.4 is 0 Å². The summed E-state index contributed by atoms with van der Waals surface area (Å²) in [4.78, 5) is 2.36. The quantitative estimate of drug-likeness (QED) is 0.848. The fourth-order valence-corrected chi connectivity index (χ4v) is 2.38. The van der Waals surface area contributed by atoms with Crippen molar-refractivity contribution in [1.82, 2.24) is 10.1 Å². The number of hydrogen-bond donors (Lipinski definition) is 0. The number of morpholine rings is 1. The summed E-state index contributed by atoms with van der Waals surface area (Å²) in [5, 5.41) is 4.17. The lowest BCUT2D eigenvalue weighted by molar-refractivity contribution is 0.0146. The first-order chi connectivity index (χ1) is 9.34. The van der Waals surface area contributed by atoms with Gasteiger partial charge in [-0.3, -0.25) is 4.90 Å². The lowest BCUT2D eigenvalue weighted by atomic mass is 10.1. The van der Waals surface area contributed by atoms with E-state index < -0.39 is 0 Å². The summed E-state index contributed by atoms with van der Waals surface area (Å²) in [6, 6.07) is 12.4. The van der Waals surface area contributed by atoms with Crippen molar-refractivity contribution in [2.45, 2.75) is 13.0 Å². The molecule has 0 bridgehead atoms. The van der Waals surface area contributed by atoms with E-state index in [1.54, 1.807) is 0 Å². The third-order valence-electron chi connectivity index (χ3n) is 3.60. The lowest BCUT2D eigenvalue weighted by Gasteiger charge is -2.30. The van der Waals surface area contributed by atoms with Gasteiger partial charge >= 0.3 is 0 Å². The average Bonchev–Trinajstić information content (AvgIpc) is 2.98. The van der Waals surface area contributed by atoms with Gasteiger partial charge in [0.25, 0.3) is 0 Å². The minimum Gasteiger partial charge on any atom is -0.379 e. The van der Waals surface area contributed by atoms with Gasteiger partial charge in [0.1, 0.15) is 5.69 Å². The van der Waals surface area contributed by atoms with Crippen LogP contribution in [-0.2, 0) is 4.74 Å². The van der Waals surface area contributed by atoms with Crippen LogP contribution in [-0.4, -0.2) is 36.4 Å². The highest BCUT2D eigenvalue weighted by Crippen LogP contribution is 2.26. The van der Waals surface area contributed by atoms with E-state index in [0.717, 1.165) is 43.3 Å². The summed E-state index contributed by atoms with van der Waals surface area (Å²) >= 11 is 0. The predicted octanol–water partition coefficient (Wildman–Crippen LogP) is 2.73. The minimum atomic E-state index is 0.244. The summed E-state index contributed by atoms with van der Waals surface area (Å²) in [6.07, 6.45) is 0. The second-order valence-corrected chi connectivity index (χ2v) is 4.80. The number of nitrogens with zero attached hydrogens (tertiary/aromatic N) is 2. The zero-order valence-corrected chi connectivity index (χ0v) is 11.1. The molecule has 2 aromatic rings. The second kappa shape index (κ2) is 5.55. The maximum Gasteiger partial charge on any atom is 0.154 e. The summed E-state index contributed by atoms with van der Waals surface area (Å²) < 4.78 is 10.9. The van der Waals surface area contributed by atoms with E-state index in [0.29, 0.717) is 0 Å². The van der Waals surface area contributed by atoms with Gasteiger partial charge in [-0.05, 0) is 6.92 Å². The molecule has 1 fully saturated rings. The van der Waals surface area contributed by atoms with Gasteiger partial charge in [0.05, 0.1) is 19.3 Å². The van der Waals surface area contributed by atoms with Gasteiger partial charge in [-0.15, -0.1) is 0 Å². The van der Waals surface area contributed by atoms with E-state index in [1.165, 1.54) is 0 Å². The van der Waals surface area contributed by atoms with Crippen molar-refractivity contribution in [3.63, 3.8) is 0 Å². The number of benzene rings is 1. The molecule has 19 heavy (non-hydrogen) atoms. The van der Waals surface area contributed by atoms with Crippen LogP contribution in [0, 0.1) is 0 Å². The highest BCUT2D eigenvalue weighted by atomic mass is 16.5. The summed E-state index contributed by atoms with van der Waals surface area (Å²) in [5.41, 5.74) is 1.99. The first-order valence-corrected chi connectivity index (χ1v) is 6.68. The highest BCUT2D eigenvalue weighted by molar-refractivity contribution is 5.58. The number of rotatable bonds is 3. The van der Waals surface area contributed by atoms with Crippen LogP contribution in [0.5, 0.6) is 0 Å². The fraction of sp³-hybridized carbons (Fsp3) is 0.400. The van der Waals surface area contributed by atoms with Crippen LogP contribution in [0.1, 0.15) is 18.7 Å². The van der Waals surface area contributed by atoms with E-state index in [2.05, 4.69) is 17.0 Å². The zero-order chi connectivity index (χ0) is 13.1. The van der Waals surface area contributed by atoms with Gasteiger partial charge in [0.2, 0.25) is 0 Å². The Morgan fingerprint density at radius 1 is 1.16 bits per heavy atom. The van der Waals surface area contributed by atoms with Crippen LogP contribution >= 0.6 is 0 Å². The molecule has 4 heteroatoms. The van der Waals surface area contributed by atoms with Crippen molar-refractivity contribution in [3.05, 3.63) is 42.2 Å². The molecule has 1 aromatic heterocycles. The monoisotopic (exact) mass is 258 g/mol. The average molecular weight is 258 g/mol. The molecule has 0 N–H and O–H groups in total. The van der Waals surface area contributed by atoms with Crippen LogP contribution in [0.15, 0.2) is 40.9 Å². The lowest BCUT2D eigenvalue weighted by Crippen LogP contribution is -2.37. The SMILES string of the molecule is CC(c1cc(-c2ccccc2)no1)N1CCOCC1. The van der Waals surface area contributed by atoms with Crippen molar-refractivity contribution in [1.29, 1.82) is 0 Å². The third-order valence-corrected chi connectivity index (χ3v) is 3.60. The van der Waals surface area contributed by atoms with Gasteiger partial charge in [0.15, 0.2) is 5.76 Å². The Morgan fingerprint density at radius 2 is 1.89 bits per heavy atom. The Morgan fingerprint density at radius 3 is 2.63 bits per heavy atom. The molecule has 1 atom stereocenters. The van der Waals surface area contributed by atoms with Crippen LogP contribution in [0.4, 0.5) is 0 Å². The van der Waals surface area contributed by atoms with Crippen molar-refractivity contribution >= 4 is 0 Å². The molecule has 1 saturated heterocycles. The van der Waals surface area contributed by atoms with E-state index in [4.69, 9.17) is 9.26 Å². The van der Waals surface area contributed by atoms with E-state index >= 15 is 0 Å².